The number of rotatable bonds is 9. The van der Waals surface area contributed by atoms with Gasteiger partial charge in [-0.3, -0.25) is 10.4 Å². The second-order valence-electron chi connectivity index (χ2n) is 7.87. The molecule has 0 radical (unpaired) electrons. The first-order valence-corrected chi connectivity index (χ1v) is 10.2. The molecule has 0 amide bonds. The van der Waals surface area contributed by atoms with Crippen LogP contribution in [0, 0.1) is 6.92 Å². The smallest absolute Gasteiger partial charge is 0.160 e. The number of aromatic nitrogens is 5. The van der Waals surface area contributed by atoms with Gasteiger partial charge in [-0.1, -0.05) is 0 Å². The summed E-state index contributed by atoms with van der Waals surface area (Å²) in [6.07, 6.45) is -0.845. The lowest BCUT2D eigenvalue weighted by atomic mass is 10.1. The minimum absolute atomic E-state index is 0.186. The normalized spacial score (nSPS) is 21.4. The van der Waals surface area contributed by atoms with Crippen LogP contribution in [-0.4, -0.2) is 63.6 Å². The second-order valence-corrected chi connectivity index (χ2v) is 7.87. The van der Waals surface area contributed by atoms with E-state index < -0.39 is 18.4 Å². The Hall–Kier alpha value is -2.60. The third-order valence-corrected chi connectivity index (χ3v) is 4.94. The Bertz CT molecular complexity index is 1020. The number of aryl methyl sites for hydroxylation is 1. The van der Waals surface area contributed by atoms with Crippen molar-refractivity contribution in [3.05, 3.63) is 35.4 Å². The fourth-order valence-electron chi connectivity index (χ4n) is 3.44. The van der Waals surface area contributed by atoms with E-state index in [9.17, 15) is 4.39 Å². The minimum Gasteiger partial charge on any atom is -0.378 e. The lowest BCUT2D eigenvalue weighted by Gasteiger charge is -2.16. The van der Waals surface area contributed by atoms with Gasteiger partial charge in [0.2, 0.25) is 0 Å². The maximum Gasteiger partial charge on any atom is 0.160 e. The first kappa shape index (κ1) is 21.6. The molecule has 3 atom stereocenters. The zero-order valence-electron chi connectivity index (χ0n) is 18.1. The van der Waals surface area contributed by atoms with Crippen molar-refractivity contribution in [3.63, 3.8) is 0 Å². The molecule has 31 heavy (non-hydrogen) atoms. The highest BCUT2D eigenvalue weighted by Gasteiger charge is 2.40. The SMILES string of the molecule is COCc1cc2c(Nc3cc([C@H]4OC[C@@H](OCNC(C)C)[C@@H]4F)[nH]n3)nc(C)cn2n1. The number of alkyl halides is 1. The molecular formula is C20H28FN7O3. The zero-order chi connectivity index (χ0) is 22.0. The van der Waals surface area contributed by atoms with Crippen LogP contribution in [0.25, 0.3) is 5.52 Å². The van der Waals surface area contributed by atoms with Crippen LogP contribution >= 0.6 is 0 Å². The summed E-state index contributed by atoms with van der Waals surface area (Å²) in [5.74, 6) is 1.10. The van der Waals surface area contributed by atoms with E-state index in [0.717, 1.165) is 16.9 Å². The topological polar surface area (TPSA) is 111 Å². The maximum atomic E-state index is 14.9. The number of hydrogen-bond donors (Lipinski definition) is 3. The van der Waals surface area contributed by atoms with Gasteiger partial charge in [0, 0.05) is 19.2 Å². The molecule has 0 aromatic carbocycles. The van der Waals surface area contributed by atoms with Crippen LogP contribution in [0.5, 0.6) is 0 Å². The van der Waals surface area contributed by atoms with Crippen molar-refractivity contribution in [1.82, 2.24) is 30.1 Å². The molecule has 4 heterocycles. The molecule has 0 unspecified atom stereocenters. The Kier molecular flexibility index (Phi) is 6.46. The Morgan fingerprint density at radius 2 is 2.23 bits per heavy atom. The van der Waals surface area contributed by atoms with E-state index in [0.29, 0.717) is 23.9 Å². The van der Waals surface area contributed by atoms with Gasteiger partial charge in [0.1, 0.15) is 17.7 Å². The molecule has 1 aliphatic heterocycles. The fourth-order valence-corrected chi connectivity index (χ4v) is 3.44. The number of methoxy groups -OCH3 is 1. The number of fused-ring (bicyclic) bond motifs is 1. The average Bonchev–Trinajstić information content (AvgIpc) is 3.41. The molecule has 3 N–H and O–H groups in total. The van der Waals surface area contributed by atoms with Crippen molar-refractivity contribution in [2.45, 2.75) is 51.8 Å². The summed E-state index contributed by atoms with van der Waals surface area (Å²) in [4.78, 5) is 4.55. The minimum atomic E-state index is -1.29. The summed E-state index contributed by atoms with van der Waals surface area (Å²) in [6.45, 7) is 6.75. The van der Waals surface area contributed by atoms with Crippen molar-refractivity contribution >= 4 is 17.2 Å². The Balaban J connectivity index is 1.46. The first-order valence-electron chi connectivity index (χ1n) is 10.2. The summed E-state index contributed by atoms with van der Waals surface area (Å²) >= 11 is 0. The number of nitrogens with one attached hydrogen (secondary N) is 3. The number of ether oxygens (including phenoxy) is 3. The predicted octanol–water partition coefficient (Wildman–Crippen LogP) is 2.40. The monoisotopic (exact) mass is 433 g/mol. The number of aromatic amines is 1. The quantitative estimate of drug-likeness (QED) is 0.441. The van der Waals surface area contributed by atoms with Gasteiger partial charge in [0.25, 0.3) is 0 Å². The average molecular weight is 433 g/mol. The van der Waals surface area contributed by atoms with E-state index in [4.69, 9.17) is 14.2 Å². The van der Waals surface area contributed by atoms with Crippen LogP contribution in [0.3, 0.4) is 0 Å². The highest BCUT2D eigenvalue weighted by atomic mass is 19.1. The van der Waals surface area contributed by atoms with Gasteiger partial charge in [0.05, 0.1) is 43.2 Å². The first-order chi connectivity index (χ1) is 14.9. The van der Waals surface area contributed by atoms with E-state index in [2.05, 4.69) is 30.9 Å². The highest BCUT2D eigenvalue weighted by Crippen LogP contribution is 2.33. The molecule has 1 saturated heterocycles. The Labute approximate surface area is 179 Å². The molecule has 3 aromatic heterocycles. The van der Waals surface area contributed by atoms with Crippen LogP contribution in [-0.2, 0) is 20.8 Å². The van der Waals surface area contributed by atoms with Crippen molar-refractivity contribution < 1.29 is 18.6 Å². The number of hydrogen-bond acceptors (Lipinski definition) is 8. The molecule has 0 bridgehead atoms. The van der Waals surface area contributed by atoms with Gasteiger partial charge in [0.15, 0.2) is 17.8 Å². The van der Waals surface area contributed by atoms with Crippen LogP contribution in [0.1, 0.15) is 37.0 Å². The largest absolute Gasteiger partial charge is 0.378 e. The molecule has 1 aliphatic rings. The summed E-state index contributed by atoms with van der Waals surface area (Å²) in [6, 6.07) is 3.88. The molecular weight excluding hydrogens is 405 g/mol. The third-order valence-electron chi connectivity index (χ3n) is 4.94. The lowest BCUT2D eigenvalue weighted by molar-refractivity contribution is 0.00411. The third kappa shape index (κ3) is 4.85. The van der Waals surface area contributed by atoms with E-state index in [1.54, 1.807) is 17.7 Å². The lowest BCUT2D eigenvalue weighted by Crippen LogP contribution is -2.32. The summed E-state index contributed by atoms with van der Waals surface area (Å²) in [5.41, 5.74) is 2.90. The number of anilines is 2. The van der Waals surface area contributed by atoms with Gasteiger partial charge in [-0.2, -0.15) is 10.2 Å². The zero-order valence-corrected chi connectivity index (χ0v) is 18.1. The van der Waals surface area contributed by atoms with Gasteiger partial charge in [-0.15, -0.1) is 0 Å². The van der Waals surface area contributed by atoms with Crippen LogP contribution in [0.4, 0.5) is 16.0 Å². The number of nitrogens with zero attached hydrogens (tertiary/aromatic N) is 4. The molecule has 11 heteroatoms. The van der Waals surface area contributed by atoms with Crippen molar-refractivity contribution in [2.24, 2.45) is 0 Å². The van der Waals surface area contributed by atoms with Gasteiger partial charge in [-0.25, -0.2) is 13.9 Å². The second kappa shape index (κ2) is 9.27. The van der Waals surface area contributed by atoms with Crippen LogP contribution < -0.4 is 10.6 Å². The number of halogens is 1. The molecule has 0 spiro atoms. The molecule has 0 saturated carbocycles. The Morgan fingerprint density at radius 3 is 3.00 bits per heavy atom. The Morgan fingerprint density at radius 1 is 1.39 bits per heavy atom. The maximum absolute atomic E-state index is 14.9. The van der Waals surface area contributed by atoms with Crippen LogP contribution in [0.15, 0.2) is 18.3 Å². The van der Waals surface area contributed by atoms with Crippen molar-refractivity contribution in [3.8, 4) is 0 Å². The molecule has 168 valence electrons. The molecule has 1 fully saturated rings. The molecule has 0 aliphatic carbocycles. The van der Waals surface area contributed by atoms with Gasteiger partial charge >= 0.3 is 0 Å². The standard InChI is InChI=1S/C20H28FN7O3/c1-11(2)22-10-31-16-9-30-19(18(16)21)14-6-17(26-25-14)24-20-15-5-13(8-29-4)27-28(15)7-12(3)23-20/h5-7,11,16,18-19,22H,8-10H2,1-4H3,(H2,23,24,25,26)/t16-,18+,19-/m1/s1. The van der Waals surface area contributed by atoms with Gasteiger partial charge < -0.3 is 19.5 Å². The fraction of sp³-hybridized carbons (Fsp3) is 0.550. The summed E-state index contributed by atoms with van der Waals surface area (Å²) in [7, 11) is 1.62. The number of H-pyrrole nitrogens is 1. The molecule has 10 nitrogen and oxygen atoms in total. The summed E-state index contributed by atoms with van der Waals surface area (Å²) in [5, 5.41) is 17.9. The van der Waals surface area contributed by atoms with Crippen LogP contribution in [0.2, 0.25) is 0 Å². The van der Waals surface area contributed by atoms with Crippen molar-refractivity contribution in [1.29, 1.82) is 0 Å². The van der Waals surface area contributed by atoms with Gasteiger partial charge in [-0.05, 0) is 26.8 Å². The molecule has 3 aromatic rings. The molecule has 4 rings (SSSR count). The predicted molar refractivity (Wildman–Crippen MR) is 112 cm³/mol. The summed E-state index contributed by atoms with van der Waals surface area (Å²) < 4.78 is 33.0. The van der Waals surface area contributed by atoms with E-state index in [1.165, 1.54) is 0 Å². The van der Waals surface area contributed by atoms with E-state index in [1.807, 2.05) is 33.0 Å². The van der Waals surface area contributed by atoms with E-state index in [-0.39, 0.29) is 19.4 Å². The van der Waals surface area contributed by atoms with E-state index >= 15 is 0 Å². The highest BCUT2D eigenvalue weighted by molar-refractivity contribution is 5.72. The van der Waals surface area contributed by atoms with Crippen molar-refractivity contribution in [2.75, 3.05) is 25.8 Å².